The highest BCUT2D eigenvalue weighted by molar-refractivity contribution is 5.66. The van der Waals surface area contributed by atoms with Crippen molar-refractivity contribution < 1.29 is 9.90 Å². The van der Waals surface area contributed by atoms with Gasteiger partial charge in [-0.3, -0.25) is 9.48 Å². The predicted molar refractivity (Wildman–Crippen MR) is 48.5 cm³/mol. The molecule has 4 nitrogen and oxygen atoms in total. The lowest BCUT2D eigenvalue weighted by Gasteiger charge is -2.01. The molecule has 1 rings (SSSR count). The van der Waals surface area contributed by atoms with E-state index in [2.05, 4.69) is 5.10 Å². The number of hydrogen-bond acceptors (Lipinski definition) is 2. The first-order chi connectivity index (χ1) is 6.11. The second kappa shape index (κ2) is 4.07. The molecule has 4 heteroatoms. The largest absolute Gasteiger partial charge is 0.481 e. The van der Waals surface area contributed by atoms with Crippen LogP contribution in [-0.4, -0.2) is 20.9 Å². The van der Waals surface area contributed by atoms with Gasteiger partial charge < -0.3 is 5.11 Å². The maximum Gasteiger partial charge on any atom is 0.303 e. The van der Waals surface area contributed by atoms with E-state index in [1.165, 1.54) is 0 Å². The zero-order valence-corrected chi connectivity index (χ0v) is 7.95. The molecule has 1 N–H and O–H groups in total. The van der Waals surface area contributed by atoms with Gasteiger partial charge in [-0.1, -0.05) is 0 Å². The number of hydrogen-bond donors (Lipinski definition) is 1. The van der Waals surface area contributed by atoms with E-state index in [4.69, 9.17) is 5.11 Å². The highest BCUT2D eigenvalue weighted by Crippen LogP contribution is 2.09. The van der Waals surface area contributed by atoms with Gasteiger partial charge in [0.05, 0.1) is 6.20 Å². The van der Waals surface area contributed by atoms with Gasteiger partial charge in [-0.15, -0.1) is 0 Å². The van der Waals surface area contributed by atoms with Crippen molar-refractivity contribution in [3.05, 3.63) is 17.5 Å². The molecule has 1 heterocycles. The molecule has 0 spiro atoms. The van der Waals surface area contributed by atoms with Crippen molar-refractivity contribution in [3.8, 4) is 0 Å². The van der Waals surface area contributed by atoms with Crippen LogP contribution in [0.3, 0.4) is 0 Å². The minimum atomic E-state index is -0.736. The molecule has 0 unspecified atom stereocenters. The van der Waals surface area contributed by atoms with Crippen molar-refractivity contribution in [2.45, 2.75) is 26.2 Å². The number of aryl methyl sites for hydroxylation is 2. The number of carboxylic acids is 1. The summed E-state index contributed by atoms with van der Waals surface area (Å²) in [5, 5.41) is 12.5. The third kappa shape index (κ3) is 2.57. The van der Waals surface area contributed by atoms with Crippen LogP contribution in [0.4, 0.5) is 0 Å². The summed E-state index contributed by atoms with van der Waals surface area (Å²) in [5.41, 5.74) is 2.26. The van der Waals surface area contributed by atoms with E-state index < -0.39 is 5.97 Å². The van der Waals surface area contributed by atoms with Crippen LogP contribution in [-0.2, 0) is 18.3 Å². The lowest BCUT2D eigenvalue weighted by molar-refractivity contribution is -0.137. The van der Waals surface area contributed by atoms with Crippen LogP contribution in [0.5, 0.6) is 0 Å². The van der Waals surface area contributed by atoms with Crippen molar-refractivity contribution in [3.63, 3.8) is 0 Å². The van der Waals surface area contributed by atoms with Crippen LogP contribution in [0.1, 0.15) is 24.1 Å². The Morgan fingerprint density at radius 3 is 2.85 bits per heavy atom. The lowest BCUT2D eigenvalue weighted by atomic mass is 10.1. The van der Waals surface area contributed by atoms with Crippen molar-refractivity contribution in [1.29, 1.82) is 0 Å². The summed E-state index contributed by atoms with van der Waals surface area (Å²) in [6.45, 7) is 1.99. The molecule has 13 heavy (non-hydrogen) atoms. The first-order valence-electron chi connectivity index (χ1n) is 4.30. The van der Waals surface area contributed by atoms with Crippen molar-refractivity contribution >= 4 is 5.97 Å². The van der Waals surface area contributed by atoms with Crippen LogP contribution < -0.4 is 0 Å². The second-order valence-electron chi connectivity index (χ2n) is 3.15. The van der Waals surface area contributed by atoms with E-state index in [9.17, 15) is 4.79 Å². The topological polar surface area (TPSA) is 55.1 Å². The number of nitrogens with zero attached hydrogens (tertiary/aromatic N) is 2. The van der Waals surface area contributed by atoms with Crippen molar-refractivity contribution in [2.75, 3.05) is 0 Å². The summed E-state index contributed by atoms with van der Waals surface area (Å²) < 4.78 is 1.80. The van der Waals surface area contributed by atoms with Gasteiger partial charge in [0.1, 0.15) is 0 Å². The molecule has 0 aliphatic rings. The zero-order chi connectivity index (χ0) is 9.84. The summed E-state index contributed by atoms with van der Waals surface area (Å²) in [6, 6.07) is 0. The normalized spacial score (nSPS) is 10.3. The first kappa shape index (κ1) is 9.77. The summed E-state index contributed by atoms with van der Waals surface area (Å²) in [4.78, 5) is 10.3. The summed E-state index contributed by atoms with van der Waals surface area (Å²) in [7, 11) is 1.88. The maximum atomic E-state index is 10.3. The Hall–Kier alpha value is -1.32. The summed E-state index contributed by atoms with van der Waals surface area (Å²) in [6.07, 6.45) is 3.49. The fourth-order valence-electron chi connectivity index (χ4n) is 1.34. The van der Waals surface area contributed by atoms with Gasteiger partial charge in [-0.2, -0.15) is 5.10 Å². The molecular formula is C9H14N2O2. The number of aliphatic carboxylic acids is 1. The Kier molecular flexibility index (Phi) is 3.06. The SMILES string of the molecule is Cc1cnn(C)c1CCCC(=O)O. The van der Waals surface area contributed by atoms with E-state index in [1.54, 1.807) is 10.9 Å². The minimum absolute atomic E-state index is 0.227. The molecule has 0 aliphatic carbocycles. The van der Waals surface area contributed by atoms with E-state index in [0.717, 1.165) is 17.7 Å². The fraction of sp³-hybridized carbons (Fsp3) is 0.556. The molecule has 0 aromatic carbocycles. The zero-order valence-electron chi connectivity index (χ0n) is 7.95. The molecule has 0 atom stereocenters. The van der Waals surface area contributed by atoms with Gasteiger partial charge in [0.25, 0.3) is 0 Å². The van der Waals surface area contributed by atoms with E-state index in [1.807, 2.05) is 14.0 Å². The van der Waals surface area contributed by atoms with E-state index >= 15 is 0 Å². The molecule has 1 aromatic rings. The van der Waals surface area contributed by atoms with Crippen molar-refractivity contribution in [2.24, 2.45) is 7.05 Å². The molecule has 0 saturated heterocycles. The van der Waals surface area contributed by atoms with Crippen LogP contribution in [0.2, 0.25) is 0 Å². The maximum absolute atomic E-state index is 10.3. The Morgan fingerprint density at radius 1 is 1.69 bits per heavy atom. The molecule has 0 saturated carbocycles. The Bertz CT molecular complexity index is 285. The number of carbonyl (C=O) groups is 1. The molecule has 1 aromatic heterocycles. The smallest absolute Gasteiger partial charge is 0.303 e. The predicted octanol–water partition coefficient (Wildman–Crippen LogP) is 1.14. The molecule has 0 bridgehead atoms. The molecule has 0 fully saturated rings. The van der Waals surface area contributed by atoms with Crippen LogP contribution in [0.25, 0.3) is 0 Å². The number of rotatable bonds is 4. The third-order valence-electron chi connectivity index (χ3n) is 2.07. The monoisotopic (exact) mass is 182 g/mol. The van der Waals surface area contributed by atoms with E-state index in [-0.39, 0.29) is 6.42 Å². The van der Waals surface area contributed by atoms with Gasteiger partial charge in [0.2, 0.25) is 0 Å². The quantitative estimate of drug-likeness (QED) is 0.759. The highest BCUT2D eigenvalue weighted by atomic mass is 16.4. The Morgan fingerprint density at radius 2 is 2.38 bits per heavy atom. The number of carboxylic acid groups (broad SMARTS) is 1. The second-order valence-corrected chi connectivity index (χ2v) is 3.15. The van der Waals surface area contributed by atoms with Crippen LogP contribution in [0, 0.1) is 6.92 Å². The molecule has 0 amide bonds. The fourth-order valence-corrected chi connectivity index (χ4v) is 1.34. The Balaban J connectivity index is 2.49. The van der Waals surface area contributed by atoms with Crippen LogP contribution >= 0.6 is 0 Å². The van der Waals surface area contributed by atoms with Gasteiger partial charge in [0, 0.05) is 19.2 Å². The van der Waals surface area contributed by atoms with Gasteiger partial charge in [-0.25, -0.2) is 0 Å². The standard InChI is InChI=1S/C9H14N2O2/c1-7-6-10-11(2)8(7)4-3-5-9(12)13/h6H,3-5H2,1-2H3,(H,12,13). The Labute approximate surface area is 77.2 Å². The van der Waals surface area contributed by atoms with Gasteiger partial charge in [0.15, 0.2) is 0 Å². The number of aromatic nitrogens is 2. The summed E-state index contributed by atoms with van der Waals surface area (Å²) >= 11 is 0. The highest BCUT2D eigenvalue weighted by Gasteiger charge is 2.05. The first-order valence-corrected chi connectivity index (χ1v) is 4.30. The van der Waals surface area contributed by atoms with Crippen LogP contribution in [0.15, 0.2) is 6.20 Å². The van der Waals surface area contributed by atoms with E-state index in [0.29, 0.717) is 6.42 Å². The summed E-state index contributed by atoms with van der Waals surface area (Å²) in [5.74, 6) is -0.736. The average molecular weight is 182 g/mol. The third-order valence-corrected chi connectivity index (χ3v) is 2.07. The lowest BCUT2D eigenvalue weighted by Crippen LogP contribution is -2.02. The molecular weight excluding hydrogens is 168 g/mol. The molecule has 72 valence electrons. The van der Waals surface area contributed by atoms with Gasteiger partial charge in [-0.05, 0) is 25.3 Å². The van der Waals surface area contributed by atoms with Crippen molar-refractivity contribution in [1.82, 2.24) is 9.78 Å². The molecule has 0 aliphatic heterocycles. The van der Waals surface area contributed by atoms with Gasteiger partial charge >= 0.3 is 5.97 Å². The molecule has 0 radical (unpaired) electrons. The minimum Gasteiger partial charge on any atom is -0.481 e. The average Bonchev–Trinajstić information content (AvgIpc) is 2.34.